The number of halogens is 6. The van der Waals surface area contributed by atoms with Crippen LogP contribution in [-0.4, -0.2) is 20.9 Å². The van der Waals surface area contributed by atoms with E-state index in [0.29, 0.717) is 5.39 Å². The van der Waals surface area contributed by atoms with Crippen molar-refractivity contribution in [1.82, 2.24) is 9.97 Å². The van der Waals surface area contributed by atoms with Gasteiger partial charge in [0.2, 0.25) is 0 Å². The Labute approximate surface area is 305 Å². The standard InChI is InChI=1S/C25H15F6N2S.C13H24O2.Ir/c1-24(2,3)15-8-13(6-12-9-16-11(4-5-34-16)7-14(12)15)22-17-19(26)21(28)20(27)18(25(29,30)31)23(17)33-10-32-22;1-5-10(6-2)12(14)9-13(15)11(7-3)8-4;/h4-5,7-10H,1-3H3;9-11,14H,5-8H2,1-4H3;/q-1;;/b;12-9-;. The number of allylic oxidation sites excluding steroid dienone is 2. The summed E-state index contributed by atoms with van der Waals surface area (Å²) in [7, 11) is 0. The molecule has 2 heterocycles. The van der Waals surface area contributed by atoms with Crippen molar-refractivity contribution in [2.45, 2.75) is 85.7 Å². The molecule has 0 saturated heterocycles. The number of hydrogen-bond donors (Lipinski definition) is 1. The molecule has 0 bridgehead atoms. The zero-order valence-corrected chi connectivity index (χ0v) is 32.0. The minimum absolute atomic E-state index is 0. The van der Waals surface area contributed by atoms with Gasteiger partial charge >= 0.3 is 6.18 Å². The second-order valence-electron chi connectivity index (χ2n) is 13.0. The summed E-state index contributed by atoms with van der Waals surface area (Å²) in [6.45, 7) is 13.9. The fourth-order valence-corrected chi connectivity index (χ4v) is 6.74. The van der Waals surface area contributed by atoms with Crippen molar-refractivity contribution in [2.24, 2.45) is 11.8 Å². The number of carbonyl (C=O) groups excluding carboxylic acids is 1. The minimum Gasteiger partial charge on any atom is -0.512 e. The quantitative estimate of drug-likeness (QED) is 0.0554. The SMILES string of the molecule is CC(C)(C)c1cc(-c2ncnc3c(C(F)(F)F)c(F)c(F)c(F)c23)[c-]c2cc3sccc3cc12.CCC(CC)C(=O)/C=C(\O)C(CC)CC.[Ir]. The van der Waals surface area contributed by atoms with E-state index in [1.807, 2.05) is 72.0 Å². The number of hydrogen-bond acceptors (Lipinski definition) is 5. The topological polar surface area (TPSA) is 63.1 Å². The average molecular weight is 894 g/mol. The molecular formula is C38H39F6IrN2O2S-. The Hall–Kier alpha value is -3.34. The number of nitrogens with zero attached hydrogens (tertiary/aromatic N) is 2. The molecule has 0 aliphatic carbocycles. The van der Waals surface area contributed by atoms with Gasteiger partial charge in [-0.2, -0.15) is 24.5 Å². The molecule has 0 saturated carbocycles. The van der Waals surface area contributed by atoms with Gasteiger partial charge in [-0.3, -0.25) is 9.78 Å². The number of thiophene rings is 1. The van der Waals surface area contributed by atoms with Crippen molar-refractivity contribution in [1.29, 1.82) is 0 Å². The monoisotopic (exact) mass is 894 g/mol. The molecule has 3 aromatic carbocycles. The van der Waals surface area contributed by atoms with Crippen LogP contribution < -0.4 is 0 Å². The Morgan fingerprint density at radius 1 is 0.920 bits per heavy atom. The van der Waals surface area contributed by atoms with Crippen molar-refractivity contribution in [3.8, 4) is 11.3 Å². The third-order valence-electron chi connectivity index (χ3n) is 8.78. The Bertz CT molecular complexity index is 2030. The van der Waals surface area contributed by atoms with Crippen LogP contribution in [0.2, 0.25) is 0 Å². The summed E-state index contributed by atoms with van der Waals surface area (Å²) >= 11 is 1.51. The number of alkyl halides is 3. The zero-order chi connectivity index (χ0) is 36.4. The normalized spacial score (nSPS) is 12.5. The molecule has 0 atom stereocenters. The zero-order valence-electron chi connectivity index (χ0n) is 28.8. The molecule has 1 N–H and O–H groups in total. The molecule has 5 aromatic rings. The van der Waals surface area contributed by atoms with E-state index in [2.05, 4.69) is 16.0 Å². The van der Waals surface area contributed by atoms with Crippen molar-refractivity contribution < 1.29 is 56.3 Å². The van der Waals surface area contributed by atoms with Crippen LogP contribution in [0.5, 0.6) is 0 Å². The molecule has 1 radical (unpaired) electrons. The maximum absolute atomic E-state index is 14.9. The fraction of sp³-hybridized carbons (Fsp3) is 0.395. The summed E-state index contributed by atoms with van der Waals surface area (Å²) in [4.78, 5) is 19.2. The Balaban J connectivity index is 0.000000361. The molecule has 4 nitrogen and oxygen atoms in total. The number of aliphatic hydroxyl groups excluding tert-OH is 1. The number of rotatable bonds is 8. The van der Waals surface area contributed by atoms with Crippen LogP contribution in [0.1, 0.15) is 85.3 Å². The second kappa shape index (κ2) is 16.3. The third-order valence-corrected chi connectivity index (χ3v) is 9.66. The van der Waals surface area contributed by atoms with E-state index in [4.69, 9.17) is 0 Å². The molecule has 5 rings (SSSR count). The summed E-state index contributed by atoms with van der Waals surface area (Å²) in [5.41, 5.74) is -2.77. The van der Waals surface area contributed by atoms with Crippen LogP contribution in [0.25, 0.3) is 43.0 Å². The van der Waals surface area contributed by atoms with Gasteiger partial charge < -0.3 is 5.11 Å². The summed E-state index contributed by atoms with van der Waals surface area (Å²) in [6, 6.07) is 10.6. The summed E-state index contributed by atoms with van der Waals surface area (Å²) in [6.07, 6.45) is 0.390. The van der Waals surface area contributed by atoms with Crippen molar-refractivity contribution >= 4 is 48.9 Å². The van der Waals surface area contributed by atoms with Crippen LogP contribution in [0.15, 0.2) is 47.8 Å². The summed E-state index contributed by atoms with van der Waals surface area (Å²) in [5, 5.41) is 13.4. The Morgan fingerprint density at radius 3 is 2.10 bits per heavy atom. The van der Waals surface area contributed by atoms with Gasteiger partial charge in [0.15, 0.2) is 23.2 Å². The molecule has 0 aliphatic heterocycles. The first-order valence-corrected chi connectivity index (χ1v) is 17.1. The van der Waals surface area contributed by atoms with E-state index in [9.17, 15) is 36.2 Å². The average Bonchev–Trinajstić information content (AvgIpc) is 3.49. The van der Waals surface area contributed by atoms with Gasteiger partial charge in [-0.05, 0) is 47.9 Å². The molecule has 271 valence electrons. The largest absolute Gasteiger partial charge is 0.512 e. The first-order valence-electron chi connectivity index (χ1n) is 16.2. The maximum atomic E-state index is 14.9. The number of aliphatic hydroxyl groups is 1. The van der Waals surface area contributed by atoms with Crippen molar-refractivity contribution in [3.05, 3.63) is 82.5 Å². The van der Waals surface area contributed by atoms with Gasteiger partial charge in [-0.25, -0.2) is 18.2 Å². The van der Waals surface area contributed by atoms with E-state index in [1.54, 1.807) is 6.07 Å². The Kier molecular flexibility index (Phi) is 13.4. The van der Waals surface area contributed by atoms with Gasteiger partial charge in [0.25, 0.3) is 0 Å². The second-order valence-corrected chi connectivity index (χ2v) is 13.9. The smallest absolute Gasteiger partial charge is 0.421 e. The van der Waals surface area contributed by atoms with E-state index < -0.39 is 45.5 Å². The number of aromatic nitrogens is 2. The molecule has 2 aromatic heterocycles. The van der Waals surface area contributed by atoms with Crippen LogP contribution in [0, 0.1) is 35.4 Å². The predicted molar refractivity (Wildman–Crippen MR) is 184 cm³/mol. The van der Waals surface area contributed by atoms with E-state index >= 15 is 0 Å². The van der Waals surface area contributed by atoms with Gasteiger partial charge in [-0.1, -0.05) is 65.5 Å². The van der Waals surface area contributed by atoms with E-state index in [0.717, 1.165) is 53.0 Å². The van der Waals surface area contributed by atoms with Crippen molar-refractivity contribution in [2.75, 3.05) is 0 Å². The molecule has 12 heteroatoms. The van der Waals surface area contributed by atoms with Gasteiger partial charge in [0.1, 0.15) is 11.9 Å². The molecule has 0 aliphatic rings. The van der Waals surface area contributed by atoms with Crippen LogP contribution in [-0.2, 0) is 36.5 Å². The number of fused-ring (bicyclic) bond motifs is 3. The first kappa shape index (κ1) is 41.1. The molecule has 0 fully saturated rings. The minimum atomic E-state index is -5.29. The van der Waals surface area contributed by atoms with E-state index in [1.165, 1.54) is 17.4 Å². The van der Waals surface area contributed by atoms with Crippen molar-refractivity contribution in [3.63, 3.8) is 0 Å². The molecule has 0 spiro atoms. The first-order chi connectivity index (χ1) is 23.0. The summed E-state index contributed by atoms with van der Waals surface area (Å²) in [5.74, 6) is -5.80. The van der Waals surface area contributed by atoms with Crippen LogP contribution >= 0.6 is 11.3 Å². The molecule has 0 amide bonds. The number of carbonyl (C=O) groups is 1. The van der Waals surface area contributed by atoms with Gasteiger partial charge in [0.05, 0.1) is 11.3 Å². The maximum Gasteiger partial charge on any atom is 0.421 e. The molecule has 0 unspecified atom stereocenters. The predicted octanol–water partition coefficient (Wildman–Crippen LogP) is 12.1. The Morgan fingerprint density at radius 2 is 1.54 bits per heavy atom. The summed E-state index contributed by atoms with van der Waals surface area (Å²) < 4.78 is 85.1. The van der Waals surface area contributed by atoms with Crippen LogP contribution in [0.4, 0.5) is 26.3 Å². The number of ketones is 1. The molecule has 50 heavy (non-hydrogen) atoms. The van der Waals surface area contributed by atoms with Crippen LogP contribution in [0.3, 0.4) is 0 Å². The van der Waals surface area contributed by atoms with E-state index in [-0.39, 0.29) is 54.7 Å². The van der Waals surface area contributed by atoms with Gasteiger partial charge in [-0.15, -0.1) is 29.1 Å². The molecular weight excluding hydrogens is 855 g/mol. The van der Waals surface area contributed by atoms with Gasteiger partial charge in [0, 0.05) is 53.8 Å². The number of benzene rings is 3. The fourth-order valence-electron chi connectivity index (χ4n) is 5.93. The third kappa shape index (κ3) is 8.40.